The van der Waals surface area contributed by atoms with E-state index < -0.39 is 23.9 Å². The predicted molar refractivity (Wildman–Crippen MR) is 116 cm³/mol. The van der Waals surface area contributed by atoms with E-state index in [2.05, 4.69) is 9.47 Å². The molecule has 0 aliphatic rings. The zero-order chi connectivity index (χ0) is 25.7. The SMILES string of the molecule is COC(=O)c1ccc(-c2ccc(C(=O)OCCOC(=O)c3ccc(-c4ccc(C(=O)OC)o4)o3)o2)o1. The molecule has 0 saturated heterocycles. The summed E-state index contributed by atoms with van der Waals surface area (Å²) in [6.07, 6.45) is 0. The van der Waals surface area contributed by atoms with Crippen LogP contribution < -0.4 is 0 Å². The monoisotopic (exact) mass is 498 g/mol. The van der Waals surface area contributed by atoms with Crippen molar-refractivity contribution >= 4 is 23.9 Å². The maximum Gasteiger partial charge on any atom is 0.374 e. The summed E-state index contributed by atoms with van der Waals surface area (Å²) < 4.78 is 40.6. The maximum atomic E-state index is 12.2. The van der Waals surface area contributed by atoms with Crippen LogP contribution in [0.1, 0.15) is 42.2 Å². The van der Waals surface area contributed by atoms with Gasteiger partial charge >= 0.3 is 23.9 Å². The van der Waals surface area contributed by atoms with Gasteiger partial charge in [0, 0.05) is 0 Å². The van der Waals surface area contributed by atoms with Gasteiger partial charge in [0.05, 0.1) is 14.2 Å². The minimum Gasteiger partial charge on any atom is -0.463 e. The maximum absolute atomic E-state index is 12.2. The first-order valence-corrected chi connectivity index (χ1v) is 10.3. The highest BCUT2D eigenvalue weighted by molar-refractivity contribution is 5.89. The van der Waals surface area contributed by atoms with Gasteiger partial charge in [0.2, 0.25) is 23.0 Å². The van der Waals surface area contributed by atoms with Crippen molar-refractivity contribution in [3.8, 4) is 23.0 Å². The Morgan fingerprint density at radius 2 is 0.778 bits per heavy atom. The number of methoxy groups -OCH3 is 2. The third kappa shape index (κ3) is 5.22. The smallest absolute Gasteiger partial charge is 0.374 e. The lowest BCUT2D eigenvalue weighted by Gasteiger charge is -2.04. The van der Waals surface area contributed by atoms with Gasteiger partial charge < -0.3 is 36.6 Å². The molecule has 0 N–H and O–H groups in total. The van der Waals surface area contributed by atoms with E-state index in [4.69, 9.17) is 27.1 Å². The highest BCUT2D eigenvalue weighted by Crippen LogP contribution is 2.26. The van der Waals surface area contributed by atoms with Crippen molar-refractivity contribution in [2.45, 2.75) is 0 Å². The zero-order valence-corrected chi connectivity index (χ0v) is 18.9. The molecule has 0 aliphatic heterocycles. The molecule has 4 rings (SSSR count). The Bertz CT molecular complexity index is 1290. The number of furan rings is 4. The largest absolute Gasteiger partial charge is 0.463 e. The molecule has 4 aromatic rings. The summed E-state index contributed by atoms with van der Waals surface area (Å²) in [5, 5.41) is 0. The molecule has 0 aliphatic carbocycles. The molecule has 12 heteroatoms. The first-order chi connectivity index (χ1) is 17.4. The normalized spacial score (nSPS) is 10.6. The van der Waals surface area contributed by atoms with Crippen LogP contribution in [0.25, 0.3) is 23.0 Å². The van der Waals surface area contributed by atoms with Gasteiger partial charge in [0.25, 0.3) is 0 Å². The number of hydrogen-bond donors (Lipinski definition) is 0. The minimum absolute atomic E-state index is 0.0198. The second-order valence-corrected chi connectivity index (χ2v) is 6.91. The quantitative estimate of drug-likeness (QED) is 0.186. The van der Waals surface area contributed by atoms with E-state index in [1.54, 1.807) is 0 Å². The Kier molecular flexibility index (Phi) is 7.04. The van der Waals surface area contributed by atoms with Crippen LogP contribution in [0, 0.1) is 0 Å². The van der Waals surface area contributed by atoms with E-state index in [1.807, 2.05) is 0 Å². The van der Waals surface area contributed by atoms with Crippen molar-refractivity contribution in [1.29, 1.82) is 0 Å². The Morgan fingerprint density at radius 3 is 1.06 bits per heavy atom. The van der Waals surface area contributed by atoms with Crippen molar-refractivity contribution < 1.29 is 55.8 Å². The van der Waals surface area contributed by atoms with Crippen LogP contribution >= 0.6 is 0 Å². The third-order valence-corrected chi connectivity index (χ3v) is 4.63. The lowest BCUT2D eigenvalue weighted by molar-refractivity contribution is 0.0230. The van der Waals surface area contributed by atoms with Gasteiger partial charge in [-0.1, -0.05) is 0 Å². The van der Waals surface area contributed by atoms with Gasteiger partial charge in [-0.2, -0.15) is 0 Å². The average molecular weight is 498 g/mol. The summed E-state index contributed by atoms with van der Waals surface area (Å²) in [6, 6.07) is 11.5. The lowest BCUT2D eigenvalue weighted by Crippen LogP contribution is -2.13. The van der Waals surface area contributed by atoms with Crippen molar-refractivity contribution in [2.24, 2.45) is 0 Å². The van der Waals surface area contributed by atoms with E-state index in [0.29, 0.717) is 0 Å². The molecular formula is C24H18O12. The molecule has 12 nitrogen and oxygen atoms in total. The summed E-state index contributed by atoms with van der Waals surface area (Å²) >= 11 is 0. The van der Waals surface area contributed by atoms with Crippen LogP contribution in [-0.4, -0.2) is 51.3 Å². The van der Waals surface area contributed by atoms with Crippen LogP contribution in [0.3, 0.4) is 0 Å². The van der Waals surface area contributed by atoms with E-state index in [-0.39, 0.29) is 59.3 Å². The highest BCUT2D eigenvalue weighted by Gasteiger charge is 2.20. The van der Waals surface area contributed by atoms with Crippen molar-refractivity contribution in [2.75, 3.05) is 27.4 Å². The summed E-state index contributed by atoms with van der Waals surface area (Å²) in [5.74, 6) is -2.33. The van der Waals surface area contributed by atoms with Gasteiger partial charge in [-0.05, 0) is 48.5 Å². The Labute approximate surface area is 202 Å². The van der Waals surface area contributed by atoms with Crippen LogP contribution in [-0.2, 0) is 18.9 Å². The first kappa shape index (κ1) is 24.1. The van der Waals surface area contributed by atoms with Crippen molar-refractivity contribution in [1.82, 2.24) is 0 Å². The molecule has 186 valence electrons. The topological polar surface area (TPSA) is 158 Å². The van der Waals surface area contributed by atoms with Crippen LogP contribution in [0.4, 0.5) is 0 Å². The molecule has 0 fully saturated rings. The van der Waals surface area contributed by atoms with Gasteiger partial charge in [0.15, 0.2) is 23.0 Å². The zero-order valence-electron chi connectivity index (χ0n) is 18.9. The molecule has 4 heterocycles. The molecule has 0 spiro atoms. The molecule has 0 radical (unpaired) electrons. The predicted octanol–water partition coefficient (Wildman–Crippen LogP) is 3.98. The number of carbonyl (C=O) groups is 4. The summed E-state index contributed by atoms with van der Waals surface area (Å²) in [5.41, 5.74) is 0. The molecule has 0 amide bonds. The average Bonchev–Trinajstić information content (AvgIpc) is 3.70. The molecule has 0 saturated carbocycles. The molecule has 0 atom stereocenters. The third-order valence-electron chi connectivity index (χ3n) is 4.63. The molecule has 0 aromatic carbocycles. The molecule has 36 heavy (non-hydrogen) atoms. The number of esters is 4. The van der Waals surface area contributed by atoms with Gasteiger partial charge in [-0.15, -0.1) is 0 Å². The van der Waals surface area contributed by atoms with E-state index in [1.165, 1.54) is 62.8 Å². The second kappa shape index (κ2) is 10.5. The van der Waals surface area contributed by atoms with Crippen molar-refractivity contribution in [3.05, 3.63) is 71.6 Å². The Morgan fingerprint density at radius 1 is 0.500 bits per heavy atom. The van der Waals surface area contributed by atoms with Gasteiger partial charge in [-0.3, -0.25) is 0 Å². The Balaban J connectivity index is 1.25. The molecular weight excluding hydrogens is 480 g/mol. The fourth-order valence-electron chi connectivity index (χ4n) is 2.93. The van der Waals surface area contributed by atoms with Gasteiger partial charge in [0.1, 0.15) is 13.2 Å². The van der Waals surface area contributed by atoms with Crippen LogP contribution in [0.2, 0.25) is 0 Å². The second-order valence-electron chi connectivity index (χ2n) is 6.91. The molecule has 0 unspecified atom stereocenters. The highest BCUT2D eigenvalue weighted by atomic mass is 16.6. The minimum atomic E-state index is -0.795. The van der Waals surface area contributed by atoms with E-state index in [0.717, 1.165) is 0 Å². The first-order valence-electron chi connectivity index (χ1n) is 10.3. The van der Waals surface area contributed by atoms with Crippen LogP contribution in [0.15, 0.2) is 66.2 Å². The van der Waals surface area contributed by atoms with Crippen LogP contribution in [0.5, 0.6) is 0 Å². The number of ether oxygens (including phenoxy) is 4. The summed E-state index contributed by atoms with van der Waals surface area (Å²) in [4.78, 5) is 47.3. The standard InChI is InChI=1S/C24H18O12/c1-29-21(25)17-7-3-13(33-17)15-5-9-19(35-15)23(27)31-11-12-32-24(28)20-10-6-16(36-20)14-4-8-18(34-14)22(26)30-2/h3-10H,11-12H2,1-2H3. The number of rotatable bonds is 9. The number of carbonyl (C=O) groups excluding carboxylic acids is 4. The van der Waals surface area contributed by atoms with E-state index >= 15 is 0 Å². The molecule has 0 bridgehead atoms. The fourth-order valence-corrected chi connectivity index (χ4v) is 2.93. The Hall–Kier alpha value is -5.00. The fraction of sp³-hybridized carbons (Fsp3) is 0.167. The van der Waals surface area contributed by atoms with Gasteiger partial charge in [-0.25, -0.2) is 19.2 Å². The lowest BCUT2D eigenvalue weighted by atomic mass is 10.3. The van der Waals surface area contributed by atoms with Crippen molar-refractivity contribution in [3.63, 3.8) is 0 Å². The summed E-state index contributed by atoms with van der Waals surface area (Å²) in [6.45, 7) is -0.496. The summed E-state index contributed by atoms with van der Waals surface area (Å²) in [7, 11) is 2.44. The number of hydrogen-bond acceptors (Lipinski definition) is 12. The van der Waals surface area contributed by atoms with E-state index in [9.17, 15) is 19.2 Å². The molecule has 4 aromatic heterocycles.